The molecule has 0 fully saturated rings. The summed E-state index contributed by atoms with van der Waals surface area (Å²) in [7, 11) is 0. The van der Waals surface area contributed by atoms with Gasteiger partial charge >= 0.3 is 0 Å². The molecule has 0 aliphatic heterocycles. The second-order valence-electron chi connectivity index (χ2n) is 7.33. The number of amides is 2. The van der Waals surface area contributed by atoms with E-state index in [1.165, 1.54) is 11.2 Å². The molecule has 2 heterocycles. The van der Waals surface area contributed by atoms with Crippen LogP contribution in [0.3, 0.4) is 0 Å². The van der Waals surface area contributed by atoms with E-state index in [2.05, 4.69) is 26.5 Å². The zero-order valence-electron chi connectivity index (χ0n) is 18.0. The minimum atomic E-state index is -0.563. The first-order chi connectivity index (χ1) is 16.4. The number of nitrogens with zero attached hydrogens (tertiary/aromatic N) is 6. The van der Waals surface area contributed by atoms with Crippen molar-refractivity contribution in [2.24, 2.45) is 5.73 Å². The van der Waals surface area contributed by atoms with Crippen LogP contribution in [-0.4, -0.2) is 38.1 Å². The van der Waals surface area contributed by atoms with Gasteiger partial charge in [0.15, 0.2) is 5.65 Å². The molecule has 0 unspecified atom stereocenters. The molecule has 0 saturated heterocycles. The Labute approximate surface area is 195 Å². The van der Waals surface area contributed by atoms with Crippen LogP contribution in [0.4, 0.5) is 11.5 Å². The van der Waals surface area contributed by atoms with Crippen LogP contribution in [-0.2, 0) is 11.3 Å². The van der Waals surface area contributed by atoms with Crippen molar-refractivity contribution >= 4 is 34.4 Å². The summed E-state index contributed by atoms with van der Waals surface area (Å²) in [6, 6.07) is 15.7. The number of nitrogen functional groups attached to an aromatic ring is 1. The highest BCUT2D eigenvalue weighted by Gasteiger charge is 2.22. The Balaban J connectivity index is 1.75. The average Bonchev–Trinajstić information content (AvgIpc) is 3.24. The number of benzene rings is 2. The number of para-hydroxylation sites is 1. The maximum atomic E-state index is 12.8. The summed E-state index contributed by atoms with van der Waals surface area (Å²) >= 11 is 0. The van der Waals surface area contributed by atoms with E-state index in [-0.39, 0.29) is 24.6 Å². The number of anilines is 2. The van der Waals surface area contributed by atoms with Crippen molar-refractivity contribution in [3.05, 3.63) is 90.2 Å². The molecule has 0 saturated carbocycles. The first-order valence-corrected chi connectivity index (χ1v) is 10.2. The molecule has 0 spiro atoms. The summed E-state index contributed by atoms with van der Waals surface area (Å²) in [4.78, 5) is 37.6. The Morgan fingerprint density at radius 2 is 1.88 bits per heavy atom. The van der Waals surface area contributed by atoms with Crippen molar-refractivity contribution in [3.8, 4) is 11.3 Å². The van der Waals surface area contributed by atoms with Crippen molar-refractivity contribution in [3.63, 3.8) is 0 Å². The summed E-state index contributed by atoms with van der Waals surface area (Å²) in [6.07, 6.45) is 1.33. The van der Waals surface area contributed by atoms with Gasteiger partial charge in [-0.15, -0.1) is 0 Å². The van der Waals surface area contributed by atoms with Gasteiger partial charge in [0, 0.05) is 23.4 Å². The van der Waals surface area contributed by atoms with Crippen LogP contribution < -0.4 is 16.4 Å². The van der Waals surface area contributed by atoms with E-state index >= 15 is 0 Å². The molecule has 2 aromatic heterocycles. The number of hydrogen-bond donors (Lipinski definition) is 2. The van der Waals surface area contributed by atoms with Gasteiger partial charge in [0.25, 0.3) is 5.91 Å². The van der Waals surface area contributed by atoms with Crippen molar-refractivity contribution in [1.29, 1.82) is 0 Å². The second kappa shape index (κ2) is 9.22. The number of carbonyl (C=O) groups excluding carboxylic acids is 2. The fraction of sp³-hybridized carbons (Fsp3) is 0.0833. The Bertz CT molecular complexity index is 1450. The zero-order valence-corrected chi connectivity index (χ0v) is 18.0. The molecule has 4 N–H and O–H groups in total. The normalized spacial score (nSPS) is 10.6. The Morgan fingerprint density at radius 3 is 2.59 bits per heavy atom. The van der Waals surface area contributed by atoms with Crippen molar-refractivity contribution in [1.82, 2.24) is 19.7 Å². The lowest BCUT2D eigenvalue weighted by atomic mass is 10.1. The topological polar surface area (TPSA) is 137 Å². The third kappa shape index (κ3) is 4.18. The number of nitrogens with two attached hydrogens (primary N) is 2. The molecule has 4 rings (SSSR count). The van der Waals surface area contributed by atoms with Gasteiger partial charge in [0.1, 0.15) is 17.8 Å². The first kappa shape index (κ1) is 22.2. The van der Waals surface area contributed by atoms with Crippen molar-refractivity contribution in [2.45, 2.75) is 6.54 Å². The number of fused-ring (bicyclic) bond motifs is 1. The fourth-order valence-corrected chi connectivity index (χ4v) is 3.56. The molecule has 2 aromatic carbocycles. The minimum Gasteiger partial charge on any atom is -0.383 e. The van der Waals surface area contributed by atoms with Gasteiger partial charge in [-0.25, -0.2) is 19.5 Å². The van der Waals surface area contributed by atoms with E-state index in [0.29, 0.717) is 33.5 Å². The maximum absolute atomic E-state index is 12.8. The standard InChI is InChI=1S/C24H20N8O2/c1-15(27-2)24(34)31(18-9-4-3-5-10-18)11-12-32-23-19(21(25)28-14-29-23)20(30-32)16-7-6-8-17(13-16)22(26)33/h3-10,13-14H,1,11-12H2,(H2,26,33)(H2,25,28,29). The summed E-state index contributed by atoms with van der Waals surface area (Å²) in [5, 5.41) is 5.19. The van der Waals surface area contributed by atoms with E-state index in [4.69, 9.17) is 18.0 Å². The molecule has 10 heteroatoms. The summed E-state index contributed by atoms with van der Waals surface area (Å²) in [5.74, 6) is -0.832. The number of aromatic nitrogens is 4. The smallest absolute Gasteiger partial charge is 0.256 e. The van der Waals surface area contributed by atoms with Gasteiger partial charge in [0.05, 0.1) is 18.5 Å². The van der Waals surface area contributed by atoms with Gasteiger partial charge < -0.3 is 16.4 Å². The van der Waals surface area contributed by atoms with Crippen LogP contribution in [0.5, 0.6) is 0 Å². The summed E-state index contributed by atoms with van der Waals surface area (Å²) < 4.78 is 1.61. The molecule has 0 aliphatic rings. The van der Waals surface area contributed by atoms with Gasteiger partial charge in [-0.3, -0.25) is 9.59 Å². The van der Waals surface area contributed by atoms with Gasteiger partial charge in [-0.05, 0) is 24.3 Å². The van der Waals surface area contributed by atoms with E-state index in [1.807, 2.05) is 6.07 Å². The Hall–Kier alpha value is -5.04. The molecule has 2 amide bonds. The van der Waals surface area contributed by atoms with Gasteiger partial charge in [-0.2, -0.15) is 5.10 Å². The number of carbonyl (C=O) groups is 2. The minimum absolute atomic E-state index is 0.190. The Kier molecular flexibility index (Phi) is 6.01. The third-order valence-electron chi connectivity index (χ3n) is 5.21. The molecule has 0 radical (unpaired) electrons. The predicted octanol–water partition coefficient (Wildman–Crippen LogP) is 2.64. The SMILES string of the molecule is [C-]#[N+]C(=C)C(=O)N(CCn1nc(-c2cccc(C(N)=O)c2)c2c(N)ncnc21)c1ccccc1. The molecular formula is C24H20N8O2. The highest BCUT2D eigenvalue weighted by Crippen LogP contribution is 2.30. The van der Waals surface area contributed by atoms with Gasteiger partial charge in [-0.1, -0.05) is 36.9 Å². The average molecular weight is 452 g/mol. The molecule has 0 atom stereocenters. The highest BCUT2D eigenvalue weighted by molar-refractivity contribution is 6.06. The maximum Gasteiger partial charge on any atom is 0.256 e. The van der Waals surface area contributed by atoms with Crippen molar-refractivity contribution in [2.75, 3.05) is 17.2 Å². The molecular weight excluding hydrogens is 432 g/mol. The van der Waals surface area contributed by atoms with E-state index < -0.39 is 11.8 Å². The van der Waals surface area contributed by atoms with Gasteiger partial charge in [0.2, 0.25) is 11.6 Å². The van der Waals surface area contributed by atoms with Crippen LogP contribution in [0.15, 0.2) is 73.2 Å². The Morgan fingerprint density at radius 1 is 1.12 bits per heavy atom. The first-order valence-electron chi connectivity index (χ1n) is 10.2. The third-order valence-corrected chi connectivity index (χ3v) is 5.21. The number of hydrogen-bond acceptors (Lipinski definition) is 6. The summed E-state index contributed by atoms with van der Waals surface area (Å²) in [5.41, 5.74) is 13.9. The molecule has 0 aliphatic carbocycles. The predicted molar refractivity (Wildman–Crippen MR) is 128 cm³/mol. The van der Waals surface area contributed by atoms with E-state index in [9.17, 15) is 9.59 Å². The lowest BCUT2D eigenvalue weighted by Gasteiger charge is -2.22. The van der Waals surface area contributed by atoms with Crippen molar-refractivity contribution < 1.29 is 9.59 Å². The largest absolute Gasteiger partial charge is 0.383 e. The van der Waals surface area contributed by atoms with Crippen LogP contribution in [0.1, 0.15) is 10.4 Å². The molecule has 0 bridgehead atoms. The number of rotatable bonds is 7. The fourth-order valence-electron chi connectivity index (χ4n) is 3.56. The van der Waals surface area contributed by atoms with Crippen LogP contribution in [0, 0.1) is 6.57 Å². The highest BCUT2D eigenvalue weighted by atomic mass is 16.2. The van der Waals surface area contributed by atoms with Crippen LogP contribution >= 0.6 is 0 Å². The quantitative estimate of drug-likeness (QED) is 0.327. The zero-order chi connectivity index (χ0) is 24.2. The lowest BCUT2D eigenvalue weighted by Crippen LogP contribution is -2.34. The van der Waals surface area contributed by atoms with Crippen LogP contribution in [0.25, 0.3) is 27.1 Å². The molecule has 34 heavy (non-hydrogen) atoms. The van der Waals surface area contributed by atoms with E-state index in [0.717, 1.165) is 0 Å². The van der Waals surface area contributed by atoms with E-state index in [1.54, 1.807) is 53.2 Å². The molecule has 168 valence electrons. The number of primary amides is 1. The van der Waals surface area contributed by atoms with Crippen LogP contribution in [0.2, 0.25) is 0 Å². The monoisotopic (exact) mass is 452 g/mol. The molecule has 10 nitrogen and oxygen atoms in total. The lowest BCUT2D eigenvalue weighted by molar-refractivity contribution is -0.114. The summed E-state index contributed by atoms with van der Waals surface area (Å²) in [6.45, 7) is 11.2. The second-order valence-corrected chi connectivity index (χ2v) is 7.33. The molecule has 4 aromatic rings.